The zero-order chi connectivity index (χ0) is 15.9. The van der Waals surface area contributed by atoms with E-state index in [1.54, 1.807) is 7.11 Å². The van der Waals surface area contributed by atoms with Crippen molar-refractivity contribution in [3.63, 3.8) is 0 Å². The number of nitrogens with zero attached hydrogens (tertiary/aromatic N) is 1. The number of ether oxygens (including phenoxy) is 2. The van der Waals surface area contributed by atoms with Crippen molar-refractivity contribution in [3.8, 4) is 11.5 Å². The maximum Gasteiger partial charge on any atom is 0.164 e. The van der Waals surface area contributed by atoms with Crippen molar-refractivity contribution in [3.05, 3.63) is 17.7 Å². The normalized spacial score (nSPS) is 19.1. The molecular weight excluding hydrogens is 276 g/mol. The molecule has 22 heavy (non-hydrogen) atoms. The summed E-state index contributed by atoms with van der Waals surface area (Å²) < 4.78 is 11.2. The molecular formula is C18H30N2O2. The molecule has 1 aliphatic heterocycles. The molecule has 0 aliphatic carbocycles. The van der Waals surface area contributed by atoms with E-state index in [-0.39, 0.29) is 0 Å². The molecule has 1 atom stereocenters. The van der Waals surface area contributed by atoms with Crippen molar-refractivity contribution in [2.75, 3.05) is 39.1 Å². The van der Waals surface area contributed by atoms with Gasteiger partial charge in [0.25, 0.3) is 0 Å². The Morgan fingerprint density at radius 2 is 2.18 bits per heavy atom. The predicted molar refractivity (Wildman–Crippen MR) is 91.7 cm³/mol. The van der Waals surface area contributed by atoms with Crippen molar-refractivity contribution < 1.29 is 9.47 Å². The van der Waals surface area contributed by atoms with Crippen molar-refractivity contribution in [1.29, 1.82) is 0 Å². The van der Waals surface area contributed by atoms with E-state index in [9.17, 15) is 0 Å². The van der Waals surface area contributed by atoms with Gasteiger partial charge in [0, 0.05) is 23.9 Å². The van der Waals surface area contributed by atoms with Crippen molar-refractivity contribution in [1.82, 2.24) is 4.90 Å². The quantitative estimate of drug-likeness (QED) is 0.785. The summed E-state index contributed by atoms with van der Waals surface area (Å²) in [6, 6.07) is 3.85. The minimum absolute atomic E-state index is 0.636. The van der Waals surface area contributed by atoms with Gasteiger partial charge in [0.05, 0.1) is 13.7 Å². The van der Waals surface area contributed by atoms with E-state index in [1.807, 2.05) is 19.1 Å². The number of nitrogens with two attached hydrogens (primary N) is 1. The summed E-state index contributed by atoms with van der Waals surface area (Å²) >= 11 is 0. The number of piperidine rings is 1. The Labute approximate surface area is 134 Å². The maximum atomic E-state index is 5.99. The summed E-state index contributed by atoms with van der Waals surface area (Å²) in [6.45, 7) is 8.60. The van der Waals surface area contributed by atoms with Crippen LogP contribution < -0.4 is 15.2 Å². The molecule has 0 bridgehead atoms. The second-order valence-electron chi connectivity index (χ2n) is 6.30. The number of methoxy groups -OCH3 is 1. The van der Waals surface area contributed by atoms with E-state index >= 15 is 0 Å². The summed E-state index contributed by atoms with van der Waals surface area (Å²) in [6.07, 6.45) is 4.80. The number of rotatable bonds is 7. The van der Waals surface area contributed by atoms with Crippen LogP contribution in [0.3, 0.4) is 0 Å². The standard InChI is InChI=1S/C18H30N2O2/c1-4-22-18-15(11-16(19)12-17(18)21-3)8-6-10-20-9-5-7-14(2)13-20/h11-12,14H,4-10,13,19H2,1-3H3. The summed E-state index contributed by atoms with van der Waals surface area (Å²) in [7, 11) is 1.66. The van der Waals surface area contributed by atoms with E-state index in [2.05, 4.69) is 11.8 Å². The Bertz CT molecular complexity index is 476. The molecule has 1 aromatic carbocycles. The molecule has 0 radical (unpaired) electrons. The molecule has 0 aromatic heterocycles. The van der Waals surface area contributed by atoms with E-state index in [0.717, 1.165) is 48.1 Å². The first kappa shape index (κ1) is 16.9. The molecule has 1 aliphatic rings. The second kappa shape index (κ2) is 8.28. The van der Waals surface area contributed by atoms with Gasteiger partial charge in [-0.3, -0.25) is 0 Å². The van der Waals surface area contributed by atoms with Crippen LogP contribution in [0.4, 0.5) is 5.69 Å². The number of nitrogen functional groups attached to an aromatic ring is 1. The molecule has 4 nitrogen and oxygen atoms in total. The average molecular weight is 306 g/mol. The van der Waals surface area contributed by atoms with Gasteiger partial charge in [-0.05, 0) is 57.7 Å². The Kier molecular flexibility index (Phi) is 6.37. The van der Waals surface area contributed by atoms with Crippen LogP contribution in [0, 0.1) is 5.92 Å². The second-order valence-corrected chi connectivity index (χ2v) is 6.30. The summed E-state index contributed by atoms with van der Waals surface area (Å²) in [5.74, 6) is 2.43. The van der Waals surface area contributed by atoms with Gasteiger partial charge in [-0.15, -0.1) is 0 Å². The average Bonchev–Trinajstić information content (AvgIpc) is 2.49. The van der Waals surface area contributed by atoms with Crippen LogP contribution in [0.2, 0.25) is 0 Å². The molecule has 124 valence electrons. The number of hydrogen-bond donors (Lipinski definition) is 1. The van der Waals surface area contributed by atoms with Gasteiger partial charge in [-0.25, -0.2) is 0 Å². The first-order valence-corrected chi connectivity index (χ1v) is 8.45. The molecule has 0 amide bonds. The van der Waals surface area contributed by atoms with E-state index in [0.29, 0.717) is 6.61 Å². The Hall–Kier alpha value is -1.42. The number of anilines is 1. The fourth-order valence-electron chi connectivity index (χ4n) is 3.31. The number of hydrogen-bond acceptors (Lipinski definition) is 4. The van der Waals surface area contributed by atoms with E-state index in [1.165, 1.54) is 25.9 Å². The lowest BCUT2D eigenvalue weighted by molar-refractivity contribution is 0.182. The van der Waals surface area contributed by atoms with Crippen molar-refractivity contribution in [2.24, 2.45) is 5.92 Å². The summed E-state index contributed by atoms with van der Waals surface area (Å²) in [5, 5.41) is 0. The summed E-state index contributed by atoms with van der Waals surface area (Å²) in [5.41, 5.74) is 7.88. The summed E-state index contributed by atoms with van der Waals surface area (Å²) in [4.78, 5) is 2.58. The fraction of sp³-hybridized carbons (Fsp3) is 0.667. The Morgan fingerprint density at radius 3 is 2.86 bits per heavy atom. The van der Waals surface area contributed by atoms with Crippen molar-refractivity contribution in [2.45, 2.75) is 39.5 Å². The molecule has 1 heterocycles. The highest BCUT2D eigenvalue weighted by Crippen LogP contribution is 2.34. The minimum Gasteiger partial charge on any atom is -0.493 e. The molecule has 2 rings (SSSR count). The molecule has 1 saturated heterocycles. The van der Waals surface area contributed by atoms with Crippen LogP contribution in [0.25, 0.3) is 0 Å². The van der Waals surface area contributed by atoms with Gasteiger partial charge in [-0.2, -0.15) is 0 Å². The van der Waals surface area contributed by atoms with Crippen molar-refractivity contribution >= 4 is 5.69 Å². The van der Waals surface area contributed by atoms with Gasteiger partial charge in [0.15, 0.2) is 11.5 Å². The Morgan fingerprint density at radius 1 is 1.36 bits per heavy atom. The van der Waals surface area contributed by atoms with Crippen LogP contribution in [-0.2, 0) is 6.42 Å². The molecule has 1 aromatic rings. The largest absolute Gasteiger partial charge is 0.493 e. The van der Waals surface area contributed by atoms with Crippen LogP contribution in [0.15, 0.2) is 12.1 Å². The van der Waals surface area contributed by atoms with Crippen LogP contribution >= 0.6 is 0 Å². The van der Waals surface area contributed by atoms with Gasteiger partial charge >= 0.3 is 0 Å². The van der Waals surface area contributed by atoms with Crippen LogP contribution in [-0.4, -0.2) is 38.3 Å². The molecule has 1 unspecified atom stereocenters. The highest BCUT2D eigenvalue weighted by atomic mass is 16.5. The molecule has 0 saturated carbocycles. The van der Waals surface area contributed by atoms with E-state index in [4.69, 9.17) is 15.2 Å². The zero-order valence-corrected chi connectivity index (χ0v) is 14.2. The molecule has 1 fully saturated rings. The first-order chi connectivity index (χ1) is 10.6. The third-order valence-electron chi connectivity index (χ3n) is 4.32. The highest BCUT2D eigenvalue weighted by molar-refractivity contribution is 5.57. The topological polar surface area (TPSA) is 47.7 Å². The van der Waals surface area contributed by atoms with Gasteiger partial charge < -0.3 is 20.1 Å². The third-order valence-corrected chi connectivity index (χ3v) is 4.32. The first-order valence-electron chi connectivity index (χ1n) is 8.45. The molecule has 2 N–H and O–H groups in total. The lowest BCUT2D eigenvalue weighted by Crippen LogP contribution is -2.35. The smallest absolute Gasteiger partial charge is 0.164 e. The zero-order valence-electron chi connectivity index (χ0n) is 14.2. The number of aryl methyl sites for hydroxylation is 1. The molecule has 4 heteroatoms. The monoisotopic (exact) mass is 306 g/mol. The lowest BCUT2D eigenvalue weighted by atomic mass is 9.99. The highest BCUT2D eigenvalue weighted by Gasteiger charge is 2.17. The lowest BCUT2D eigenvalue weighted by Gasteiger charge is -2.30. The van der Waals surface area contributed by atoms with Gasteiger partial charge in [-0.1, -0.05) is 6.92 Å². The SMILES string of the molecule is CCOc1c(CCCN2CCCC(C)C2)cc(N)cc1OC. The molecule has 0 spiro atoms. The number of likely N-dealkylation sites (tertiary alicyclic amines) is 1. The van der Waals surface area contributed by atoms with E-state index < -0.39 is 0 Å². The Balaban J connectivity index is 1.97. The van der Waals surface area contributed by atoms with Crippen LogP contribution in [0.5, 0.6) is 11.5 Å². The number of benzene rings is 1. The van der Waals surface area contributed by atoms with Gasteiger partial charge in [0.2, 0.25) is 0 Å². The predicted octanol–water partition coefficient (Wildman–Crippen LogP) is 3.34. The minimum atomic E-state index is 0.636. The van der Waals surface area contributed by atoms with Gasteiger partial charge in [0.1, 0.15) is 0 Å². The third kappa shape index (κ3) is 4.54. The van der Waals surface area contributed by atoms with Crippen LogP contribution in [0.1, 0.15) is 38.7 Å². The maximum absolute atomic E-state index is 5.99. The fourth-order valence-corrected chi connectivity index (χ4v) is 3.31.